The fourth-order valence-electron chi connectivity index (χ4n) is 3.78. The van der Waals surface area contributed by atoms with Crippen LogP contribution in [0.2, 0.25) is 0 Å². The quantitative estimate of drug-likeness (QED) is 0.426. The molecule has 0 aliphatic rings. The van der Waals surface area contributed by atoms with E-state index in [1.165, 1.54) is 12.1 Å². The fourth-order valence-corrected chi connectivity index (χ4v) is 3.78. The lowest BCUT2D eigenvalue weighted by Gasteiger charge is -2.10. The highest BCUT2D eigenvalue weighted by Crippen LogP contribution is 2.29. The Balaban J connectivity index is 1.65. The molecule has 0 aliphatic heterocycles. The summed E-state index contributed by atoms with van der Waals surface area (Å²) in [6.45, 7) is 4.47. The molecule has 0 saturated heterocycles. The van der Waals surface area contributed by atoms with Gasteiger partial charge in [-0.1, -0.05) is 24.3 Å². The molecule has 0 saturated carbocycles. The van der Waals surface area contributed by atoms with Crippen molar-refractivity contribution in [1.29, 1.82) is 0 Å². The van der Waals surface area contributed by atoms with E-state index in [0.29, 0.717) is 17.8 Å². The van der Waals surface area contributed by atoms with Crippen molar-refractivity contribution in [2.45, 2.75) is 20.4 Å². The van der Waals surface area contributed by atoms with Gasteiger partial charge in [-0.25, -0.2) is 9.37 Å². The van der Waals surface area contributed by atoms with E-state index in [4.69, 9.17) is 4.98 Å². The van der Waals surface area contributed by atoms with Crippen molar-refractivity contribution >= 4 is 22.4 Å². The number of fused-ring (bicyclic) bond motifs is 2. The first-order chi connectivity index (χ1) is 15.0. The van der Waals surface area contributed by atoms with E-state index in [1.54, 1.807) is 12.1 Å². The molecule has 5 rings (SSSR count). The van der Waals surface area contributed by atoms with Gasteiger partial charge >= 0.3 is 0 Å². The Morgan fingerprint density at radius 1 is 1.00 bits per heavy atom. The van der Waals surface area contributed by atoms with Crippen LogP contribution in [0, 0.1) is 19.7 Å². The van der Waals surface area contributed by atoms with Crippen LogP contribution in [-0.2, 0) is 6.54 Å². The van der Waals surface area contributed by atoms with Gasteiger partial charge in [0.05, 0.1) is 5.56 Å². The van der Waals surface area contributed by atoms with Crippen molar-refractivity contribution in [3.63, 3.8) is 0 Å². The summed E-state index contributed by atoms with van der Waals surface area (Å²) in [5.41, 5.74) is 5.53. The minimum atomic E-state index is -0.271. The van der Waals surface area contributed by atoms with E-state index in [2.05, 4.69) is 10.3 Å². The number of aromatic amines is 1. The van der Waals surface area contributed by atoms with Gasteiger partial charge in [-0.15, -0.1) is 0 Å². The van der Waals surface area contributed by atoms with Crippen molar-refractivity contribution in [3.8, 4) is 11.3 Å². The molecule has 5 aromatic rings. The van der Waals surface area contributed by atoms with Crippen LogP contribution in [0.25, 0.3) is 27.8 Å². The number of nitrogens with one attached hydrogen (secondary N) is 2. The van der Waals surface area contributed by atoms with Gasteiger partial charge < -0.3 is 10.3 Å². The topological polar surface area (TPSA) is 62.2 Å². The van der Waals surface area contributed by atoms with Gasteiger partial charge in [-0.05, 0) is 72.3 Å². The molecule has 5 nitrogen and oxygen atoms in total. The number of H-pyrrole nitrogens is 1. The van der Waals surface area contributed by atoms with Gasteiger partial charge in [0.25, 0.3) is 5.56 Å². The average molecular weight is 412 g/mol. The average Bonchev–Trinajstić information content (AvgIpc) is 3.10. The molecule has 0 radical (unpaired) electrons. The number of anilines is 1. The Hall–Kier alpha value is -3.93. The van der Waals surface area contributed by atoms with Crippen LogP contribution in [0.15, 0.2) is 71.7 Å². The van der Waals surface area contributed by atoms with Crippen molar-refractivity contribution in [1.82, 2.24) is 14.4 Å². The van der Waals surface area contributed by atoms with Crippen LogP contribution >= 0.6 is 0 Å². The molecular weight excluding hydrogens is 391 g/mol. The first-order valence-corrected chi connectivity index (χ1v) is 10.1. The number of aromatic nitrogens is 3. The Bertz CT molecular complexity index is 1480. The van der Waals surface area contributed by atoms with Crippen LogP contribution in [0.5, 0.6) is 0 Å². The number of pyridine rings is 2. The third-order valence-electron chi connectivity index (χ3n) is 5.41. The van der Waals surface area contributed by atoms with Crippen molar-refractivity contribution in [2.75, 3.05) is 5.32 Å². The van der Waals surface area contributed by atoms with Crippen molar-refractivity contribution in [3.05, 3.63) is 99.7 Å². The van der Waals surface area contributed by atoms with Crippen LogP contribution in [0.1, 0.15) is 16.7 Å². The number of imidazole rings is 1. The van der Waals surface area contributed by atoms with Gasteiger partial charge in [0.1, 0.15) is 23.0 Å². The summed E-state index contributed by atoms with van der Waals surface area (Å²) in [4.78, 5) is 20.7. The number of rotatable bonds is 4. The van der Waals surface area contributed by atoms with Crippen LogP contribution in [0.4, 0.5) is 10.2 Å². The van der Waals surface area contributed by atoms with E-state index >= 15 is 0 Å². The van der Waals surface area contributed by atoms with E-state index < -0.39 is 0 Å². The normalized spacial score (nSPS) is 11.3. The second-order valence-corrected chi connectivity index (χ2v) is 7.82. The molecule has 0 aliphatic carbocycles. The summed E-state index contributed by atoms with van der Waals surface area (Å²) in [7, 11) is 0. The third kappa shape index (κ3) is 3.57. The second kappa shape index (κ2) is 7.40. The maximum absolute atomic E-state index is 13.3. The summed E-state index contributed by atoms with van der Waals surface area (Å²) in [6.07, 6.45) is 1.94. The zero-order valence-electron chi connectivity index (χ0n) is 17.2. The summed E-state index contributed by atoms with van der Waals surface area (Å²) >= 11 is 0. The number of hydrogen-bond acceptors (Lipinski definition) is 3. The molecule has 0 unspecified atom stereocenters. The Kier molecular flexibility index (Phi) is 4.55. The molecule has 31 heavy (non-hydrogen) atoms. The van der Waals surface area contributed by atoms with E-state index in [9.17, 15) is 9.18 Å². The SMILES string of the molecule is Cc1ccc2cc(-c3nc4cc(C)ccn4c3NCc3ccc(F)cc3)c(=O)[nH]c2c1. The second-order valence-electron chi connectivity index (χ2n) is 7.82. The lowest BCUT2D eigenvalue weighted by atomic mass is 10.1. The van der Waals surface area contributed by atoms with E-state index in [1.807, 2.05) is 60.8 Å². The van der Waals surface area contributed by atoms with Crippen molar-refractivity contribution < 1.29 is 4.39 Å². The molecule has 2 N–H and O–H groups in total. The van der Waals surface area contributed by atoms with Crippen LogP contribution < -0.4 is 10.9 Å². The molecule has 3 heterocycles. The number of nitrogens with zero attached hydrogens (tertiary/aromatic N) is 2. The summed E-state index contributed by atoms with van der Waals surface area (Å²) in [5.74, 6) is 0.448. The summed E-state index contributed by atoms with van der Waals surface area (Å²) < 4.78 is 15.2. The van der Waals surface area contributed by atoms with Gasteiger partial charge in [-0.2, -0.15) is 0 Å². The molecule has 154 valence electrons. The van der Waals surface area contributed by atoms with Crippen LogP contribution in [0.3, 0.4) is 0 Å². The molecule has 0 bridgehead atoms. The zero-order valence-corrected chi connectivity index (χ0v) is 17.2. The number of aryl methyl sites for hydroxylation is 2. The van der Waals surface area contributed by atoms with Crippen molar-refractivity contribution in [2.24, 2.45) is 0 Å². The van der Waals surface area contributed by atoms with Gasteiger partial charge in [-0.3, -0.25) is 9.20 Å². The first kappa shape index (κ1) is 19.1. The monoisotopic (exact) mass is 412 g/mol. The standard InChI is InChI=1S/C25H21FN4O/c1-15-3-6-18-13-20(25(31)28-21(18)11-15)23-24(27-14-17-4-7-19(26)8-5-17)30-10-9-16(2)12-22(30)29-23/h3-13,27H,14H2,1-2H3,(H,28,31). The maximum atomic E-state index is 13.3. The Morgan fingerprint density at radius 3 is 2.58 bits per heavy atom. The Labute approximate surface area is 178 Å². The predicted molar refractivity (Wildman–Crippen MR) is 122 cm³/mol. The largest absolute Gasteiger partial charge is 0.365 e. The Morgan fingerprint density at radius 2 is 1.77 bits per heavy atom. The zero-order chi connectivity index (χ0) is 21.5. The van der Waals surface area contributed by atoms with Gasteiger partial charge in [0.2, 0.25) is 0 Å². The molecule has 0 fully saturated rings. The summed E-state index contributed by atoms with van der Waals surface area (Å²) in [5, 5.41) is 4.34. The minimum absolute atomic E-state index is 0.192. The highest BCUT2D eigenvalue weighted by Gasteiger charge is 2.17. The maximum Gasteiger partial charge on any atom is 0.258 e. The molecule has 0 spiro atoms. The third-order valence-corrected chi connectivity index (χ3v) is 5.41. The minimum Gasteiger partial charge on any atom is -0.365 e. The fraction of sp³-hybridized carbons (Fsp3) is 0.120. The van der Waals surface area contributed by atoms with E-state index in [-0.39, 0.29) is 11.4 Å². The summed E-state index contributed by atoms with van der Waals surface area (Å²) in [6, 6.07) is 18.2. The van der Waals surface area contributed by atoms with E-state index in [0.717, 1.165) is 39.1 Å². The predicted octanol–water partition coefficient (Wildman–Crippen LogP) is 5.21. The van der Waals surface area contributed by atoms with Gasteiger partial charge in [0, 0.05) is 18.3 Å². The first-order valence-electron chi connectivity index (χ1n) is 10.1. The highest BCUT2D eigenvalue weighted by atomic mass is 19.1. The molecule has 3 aromatic heterocycles. The molecule has 6 heteroatoms. The number of benzene rings is 2. The number of halogens is 1. The lowest BCUT2D eigenvalue weighted by Crippen LogP contribution is -2.11. The molecule has 0 amide bonds. The molecule has 0 atom stereocenters. The van der Waals surface area contributed by atoms with Crippen LogP contribution in [-0.4, -0.2) is 14.4 Å². The highest BCUT2D eigenvalue weighted by molar-refractivity contribution is 5.86. The molecular formula is C25H21FN4O. The molecule has 2 aromatic carbocycles. The lowest BCUT2D eigenvalue weighted by molar-refractivity contribution is 0.627. The number of hydrogen-bond donors (Lipinski definition) is 2. The van der Waals surface area contributed by atoms with Gasteiger partial charge in [0.15, 0.2) is 0 Å². The smallest absolute Gasteiger partial charge is 0.258 e.